The van der Waals surface area contributed by atoms with Crippen LogP contribution in [0, 0.1) is 23.6 Å². The fourth-order valence-electron chi connectivity index (χ4n) is 5.34. The van der Waals surface area contributed by atoms with E-state index >= 15 is 4.39 Å². The summed E-state index contributed by atoms with van der Waals surface area (Å²) in [6, 6.07) is 11.3. The first-order valence-electron chi connectivity index (χ1n) is 15.1. The number of nitrogens with zero attached hydrogens (tertiary/aromatic N) is 4. The number of benzene rings is 2. The third-order valence-electron chi connectivity index (χ3n) is 7.88. The molecule has 12 heteroatoms. The number of anilines is 4. The Kier molecular flexibility index (Phi) is 11.7. The first-order valence-corrected chi connectivity index (χ1v) is 16.2. The average molecular weight is 736 g/mol. The molecule has 1 fully saturated rings. The van der Waals surface area contributed by atoms with E-state index in [0.29, 0.717) is 35.4 Å². The molecule has 1 unspecified atom stereocenters. The Bertz CT molecular complexity index is 1450. The summed E-state index contributed by atoms with van der Waals surface area (Å²) < 4.78 is 37.3. The smallest absolute Gasteiger partial charge is 0.421 e. The first kappa shape index (κ1) is 34.5. The maximum Gasteiger partial charge on any atom is 0.421 e. The lowest BCUT2D eigenvalue weighted by Gasteiger charge is -2.37. The first-order chi connectivity index (χ1) is 21.4. The van der Waals surface area contributed by atoms with Crippen molar-refractivity contribution in [3.63, 3.8) is 0 Å². The second-order valence-corrected chi connectivity index (χ2v) is 13.5. The number of hydrogen-bond acceptors (Lipinski definition) is 9. The van der Waals surface area contributed by atoms with E-state index in [-0.39, 0.29) is 29.4 Å². The van der Waals surface area contributed by atoms with Gasteiger partial charge >= 0.3 is 6.09 Å². The van der Waals surface area contributed by atoms with Gasteiger partial charge in [0, 0.05) is 54.4 Å². The van der Waals surface area contributed by atoms with Crippen molar-refractivity contribution in [3.05, 3.63) is 54.5 Å². The molecule has 1 saturated heterocycles. The van der Waals surface area contributed by atoms with Crippen molar-refractivity contribution in [3.8, 4) is 17.2 Å². The molecule has 1 N–H and O–H groups in total. The topological polar surface area (TPSA) is 98.3 Å². The van der Waals surface area contributed by atoms with Crippen molar-refractivity contribution in [2.24, 2.45) is 17.8 Å². The van der Waals surface area contributed by atoms with E-state index in [0.717, 1.165) is 25.9 Å². The van der Waals surface area contributed by atoms with Crippen molar-refractivity contribution in [2.75, 3.05) is 51.2 Å². The second-order valence-electron chi connectivity index (χ2n) is 11.8. The van der Waals surface area contributed by atoms with E-state index in [9.17, 15) is 4.79 Å². The van der Waals surface area contributed by atoms with Gasteiger partial charge in [-0.15, -0.1) is 0 Å². The van der Waals surface area contributed by atoms with Gasteiger partial charge in [0.2, 0.25) is 5.95 Å². The maximum absolute atomic E-state index is 15.0. The normalized spacial score (nSPS) is 15.6. The molecular weight excluding hydrogens is 692 g/mol. The number of ether oxygens (including phenoxy) is 4. The summed E-state index contributed by atoms with van der Waals surface area (Å²) in [5, 5.41) is 3.04. The molecule has 1 aromatic heterocycles. The summed E-state index contributed by atoms with van der Waals surface area (Å²) in [6.07, 6.45) is 3.05. The fraction of sp³-hybridized carbons (Fsp3) is 0.485. The third-order valence-corrected chi connectivity index (χ3v) is 10.6. The number of carbonyl (C=O) groups is 1. The Morgan fingerprint density at radius 1 is 1.11 bits per heavy atom. The van der Waals surface area contributed by atoms with Crippen LogP contribution in [-0.4, -0.2) is 65.5 Å². The number of alkyl halides is 1. The number of piperidine rings is 1. The Hall–Kier alpha value is -3.39. The number of hydrogen-bond donors (Lipinski definition) is 1. The molecule has 0 aliphatic carbocycles. The molecule has 2 aromatic carbocycles. The number of halogens is 2. The van der Waals surface area contributed by atoms with Crippen LogP contribution in [0.25, 0.3) is 0 Å². The third kappa shape index (κ3) is 8.46. The number of amides is 1. The number of rotatable bonds is 12. The number of methoxy groups -OCH3 is 2. The minimum absolute atomic E-state index is 0.0233. The van der Waals surface area contributed by atoms with E-state index in [2.05, 4.69) is 49.8 Å². The molecule has 1 atom stereocenters. The zero-order valence-electron chi connectivity index (χ0n) is 27.0. The van der Waals surface area contributed by atoms with E-state index in [4.69, 9.17) is 18.9 Å². The van der Waals surface area contributed by atoms with Crippen LogP contribution in [0.2, 0.25) is 0 Å². The molecular formula is C33H43FIN5O5. The standard InChI is InChI=1S/C33H43FIN5O5/c1-21(2)33(35,22(3)4)45-32(41)40(27-12-11-25(42-6)18-29(27)43-7)30-14-15-36-31(38-30)37-24-10-13-28(26(34)17-24)44-20-23-9-8-16-39(5)19-23/h10-15,17-18,21-23H,8-9,16,19-20H2,1-7H3,(H,36,37,38). The SMILES string of the molecule is COc1ccc(N(C(=O)OC(I)(C(C)C)C(C)C)c2ccnc(Nc3ccc(OCC4CCCN(C)C4)c(F)c3)n2)c(OC)c1. The van der Waals surface area contributed by atoms with E-state index in [1.54, 1.807) is 43.5 Å². The van der Waals surface area contributed by atoms with E-state index in [1.165, 1.54) is 24.3 Å². The van der Waals surface area contributed by atoms with Crippen LogP contribution >= 0.6 is 22.6 Å². The molecule has 0 saturated carbocycles. The van der Waals surface area contributed by atoms with E-state index in [1.807, 2.05) is 27.7 Å². The molecule has 0 radical (unpaired) electrons. The van der Waals surface area contributed by atoms with Crippen molar-refractivity contribution < 1.29 is 28.1 Å². The molecule has 0 spiro atoms. The quantitative estimate of drug-likeness (QED) is 0.148. The van der Waals surface area contributed by atoms with Gasteiger partial charge in [-0.2, -0.15) is 4.98 Å². The van der Waals surface area contributed by atoms with Crippen molar-refractivity contribution in [1.29, 1.82) is 0 Å². The Morgan fingerprint density at radius 2 is 1.87 bits per heavy atom. The van der Waals surface area contributed by atoms with Crippen LogP contribution in [0.5, 0.6) is 17.2 Å². The lowest BCUT2D eigenvalue weighted by Crippen LogP contribution is -2.43. The number of likely N-dealkylation sites (tertiary alicyclic amines) is 1. The van der Waals surface area contributed by atoms with Gasteiger partial charge in [0.1, 0.15) is 17.3 Å². The van der Waals surface area contributed by atoms with Crippen molar-refractivity contribution in [2.45, 2.75) is 44.1 Å². The highest BCUT2D eigenvalue weighted by molar-refractivity contribution is 14.1. The van der Waals surface area contributed by atoms with Gasteiger partial charge in [-0.3, -0.25) is 0 Å². The van der Waals surface area contributed by atoms with Gasteiger partial charge in [-0.1, -0.05) is 27.7 Å². The highest BCUT2D eigenvalue weighted by Crippen LogP contribution is 2.41. The zero-order chi connectivity index (χ0) is 32.7. The predicted molar refractivity (Wildman–Crippen MR) is 182 cm³/mol. The Morgan fingerprint density at radius 3 is 2.51 bits per heavy atom. The molecule has 0 bridgehead atoms. The van der Waals surface area contributed by atoms with Crippen LogP contribution in [0.1, 0.15) is 40.5 Å². The van der Waals surface area contributed by atoms with Gasteiger partial charge in [-0.25, -0.2) is 19.1 Å². The largest absolute Gasteiger partial charge is 0.497 e. The summed E-state index contributed by atoms with van der Waals surface area (Å²) in [5.74, 6) is 1.44. The lowest BCUT2D eigenvalue weighted by molar-refractivity contribution is 0.0344. The minimum Gasteiger partial charge on any atom is -0.497 e. The van der Waals surface area contributed by atoms with Gasteiger partial charge in [0.25, 0.3) is 0 Å². The molecule has 244 valence electrons. The zero-order valence-corrected chi connectivity index (χ0v) is 29.1. The van der Waals surface area contributed by atoms with Gasteiger partial charge < -0.3 is 29.2 Å². The van der Waals surface area contributed by atoms with E-state index < -0.39 is 15.5 Å². The monoisotopic (exact) mass is 735 g/mol. The van der Waals surface area contributed by atoms with Crippen LogP contribution in [0.3, 0.4) is 0 Å². The Labute approximate surface area is 278 Å². The van der Waals surface area contributed by atoms with Gasteiger partial charge in [0.15, 0.2) is 15.2 Å². The lowest BCUT2D eigenvalue weighted by atomic mass is 9.96. The summed E-state index contributed by atoms with van der Waals surface area (Å²) >= 11 is 2.20. The Balaban J connectivity index is 1.61. The molecule has 45 heavy (non-hydrogen) atoms. The molecule has 3 aromatic rings. The van der Waals surface area contributed by atoms with Crippen LogP contribution in [0.15, 0.2) is 48.7 Å². The molecule has 2 heterocycles. The second kappa shape index (κ2) is 15.3. The number of aromatic nitrogens is 2. The fourth-order valence-corrected chi connectivity index (χ4v) is 5.53. The average Bonchev–Trinajstić information content (AvgIpc) is 3.01. The molecule has 4 rings (SSSR count). The number of carbonyl (C=O) groups excluding carboxylic acids is 1. The summed E-state index contributed by atoms with van der Waals surface area (Å²) in [7, 11) is 5.15. The molecule has 10 nitrogen and oxygen atoms in total. The molecule has 1 aliphatic heterocycles. The summed E-state index contributed by atoms with van der Waals surface area (Å²) in [6.45, 7) is 10.5. The maximum atomic E-state index is 15.0. The van der Waals surface area contributed by atoms with Gasteiger partial charge in [0.05, 0.1) is 26.5 Å². The van der Waals surface area contributed by atoms with Crippen LogP contribution < -0.4 is 24.4 Å². The van der Waals surface area contributed by atoms with Crippen LogP contribution in [-0.2, 0) is 4.74 Å². The summed E-state index contributed by atoms with van der Waals surface area (Å²) in [4.78, 5) is 26.5. The summed E-state index contributed by atoms with van der Waals surface area (Å²) in [5.41, 5.74) is 0.826. The van der Waals surface area contributed by atoms with Crippen LogP contribution in [0.4, 0.5) is 32.3 Å². The van der Waals surface area contributed by atoms with Crippen molar-refractivity contribution in [1.82, 2.24) is 14.9 Å². The van der Waals surface area contributed by atoms with Gasteiger partial charge in [-0.05, 0) is 73.3 Å². The highest BCUT2D eigenvalue weighted by Gasteiger charge is 2.41. The molecule has 1 amide bonds. The number of nitrogens with one attached hydrogen (secondary N) is 1. The molecule has 1 aliphatic rings. The highest BCUT2D eigenvalue weighted by atomic mass is 127. The van der Waals surface area contributed by atoms with Crippen molar-refractivity contribution >= 4 is 51.8 Å². The minimum atomic E-state index is -0.796. The predicted octanol–water partition coefficient (Wildman–Crippen LogP) is 7.82.